The first-order valence-corrected chi connectivity index (χ1v) is 8.17. The van der Waals surface area contributed by atoms with Crippen LogP contribution in [0.2, 0.25) is 0 Å². The standard InChI is InChI=1S/C16H30N2O3/c1-5-18(12(2)11-20-3)14-8-9-16(10-14,15(19)21-4)17-13-6-7-13/h12-14,17H,5-11H2,1-4H3. The molecule has 3 unspecified atom stereocenters. The van der Waals surface area contributed by atoms with Crippen LogP contribution in [0.25, 0.3) is 0 Å². The lowest BCUT2D eigenvalue weighted by Gasteiger charge is -2.35. The van der Waals surface area contributed by atoms with E-state index in [2.05, 4.69) is 24.1 Å². The van der Waals surface area contributed by atoms with Crippen LogP contribution in [0.4, 0.5) is 0 Å². The highest BCUT2D eigenvalue weighted by molar-refractivity contribution is 5.81. The molecule has 122 valence electrons. The quantitative estimate of drug-likeness (QED) is 0.689. The summed E-state index contributed by atoms with van der Waals surface area (Å²) < 4.78 is 10.4. The van der Waals surface area contributed by atoms with E-state index in [9.17, 15) is 4.79 Å². The number of carbonyl (C=O) groups excluding carboxylic acids is 1. The first kappa shape index (κ1) is 16.7. The average Bonchev–Trinajstić information content (AvgIpc) is 3.18. The predicted octanol–water partition coefficient (Wildman–Crippen LogP) is 1.56. The lowest BCUT2D eigenvalue weighted by Crippen LogP contribution is -2.53. The number of nitrogens with zero attached hydrogens (tertiary/aromatic N) is 1. The molecular weight excluding hydrogens is 268 g/mol. The Hall–Kier alpha value is -0.650. The molecule has 0 radical (unpaired) electrons. The molecule has 0 aromatic carbocycles. The van der Waals surface area contributed by atoms with Gasteiger partial charge in [-0.05, 0) is 45.6 Å². The Morgan fingerprint density at radius 1 is 1.38 bits per heavy atom. The van der Waals surface area contributed by atoms with Crippen molar-refractivity contribution in [2.24, 2.45) is 0 Å². The van der Waals surface area contributed by atoms with Crippen molar-refractivity contribution in [2.45, 2.75) is 69.6 Å². The smallest absolute Gasteiger partial charge is 0.326 e. The molecule has 2 fully saturated rings. The van der Waals surface area contributed by atoms with Gasteiger partial charge < -0.3 is 9.47 Å². The summed E-state index contributed by atoms with van der Waals surface area (Å²) in [6, 6.07) is 1.30. The Morgan fingerprint density at radius 2 is 2.10 bits per heavy atom. The van der Waals surface area contributed by atoms with E-state index >= 15 is 0 Å². The topological polar surface area (TPSA) is 50.8 Å². The first-order chi connectivity index (χ1) is 10.1. The summed E-state index contributed by atoms with van der Waals surface area (Å²) in [5, 5.41) is 3.56. The van der Waals surface area contributed by atoms with Crippen molar-refractivity contribution in [3.63, 3.8) is 0 Å². The zero-order valence-electron chi connectivity index (χ0n) is 13.9. The normalized spacial score (nSPS) is 30.6. The molecule has 0 saturated heterocycles. The molecule has 1 N–H and O–H groups in total. The molecule has 2 rings (SSSR count). The summed E-state index contributed by atoms with van der Waals surface area (Å²) >= 11 is 0. The van der Waals surface area contributed by atoms with Crippen LogP contribution in [-0.2, 0) is 14.3 Å². The summed E-state index contributed by atoms with van der Waals surface area (Å²) in [4.78, 5) is 14.8. The van der Waals surface area contributed by atoms with Crippen molar-refractivity contribution in [1.82, 2.24) is 10.2 Å². The van der Waals surface area contributed by atoms with Crippen molar-refractivity contribution >= 4 is 5.97 Å². The summed E-state index contributed by atoms with van der Waals surface area (Å²) in [5.74, 6) is -0.0904. The summed E-state index contributed by atoms with van der Waals surface area (Å²) in [5.41, 5.74) is -0.471. The van der Waals surface area contributed by atoms with Gasteiger partial charge in [-0.2, -0.15) is 0 Å². The van der Waals surface area contributed by atoms with Gasteiger partial charge in [-0.1, -0.05) is 6.92 Å². The number of hydrogen-bond acceptors (Lipinski definition) is 5. The largest absolute Gasteiger partial charge is 0.468 e. The average molecular weight is 298 g/mol. The number of nitrogens with one attached hydrogen (secondary N) is 1. The van der Waals surface area contributed by atoms with Gasteiger partial charge in [-0.25, -0.2) is 0 Å². The Kier molecular flexibility index (Phi) is 5.63. The molecule has 2 aliphatic carbocycles. The zero-order chi connectivity index (χ0) is 15.5. The second-order valence-corrected chi connectivity index (χ2v) is 6.52. The molecule has 0 bridgehead atoms. The molecule has 5 heteroatoms. The highest BCUT2D eigenvalue weighted by atomic mass is 16.5. The molecule has 0 aromatic rings. The maximum absolute atomic E-state index is 12.3. The van der Waals surface area contributed by atoms with Crippen molar-refractivity contribution < 1.29 is 14.3 Å². The fourth-order valence-corrected chi connectivity index (χ4v) is 3.76. The molecule has 2 saturated carbocycles. The molecule has 0 aliphatic heterocycles. The summed E-state index contributed by atoms with van der Waals surface area (Å²) in [6.07, 6.45) is 5.12. The SMILES string of the molecule is CCN(C(C)COC)C1CCC(NC2CC2)(C(=O)OC)C1. The summed E-state index contributed by atoms with van der Waals surface area (Å²) in [7, 11) is 3.24. The number of rotatable bonds is 8. The van der Waals surface area contributed by atoms with Gasteiger partial charge in [0.25, 0.3) is 0 Å². The minimum atomic E-state index is -0.471. The molecule has 0 aromatic heterocycles. The molecule has 2 aliphatic rings. The Balaban J connectivity index is 2.05. The Morgan fingerprint density at radius 3 is 2.62 bits per heavy atom. The minimum absolute atomic E-state index is 0.0904. The molecule has 0 amide bonds. The number of methoxy groups -OCH3 is 2. The number of esters is 1. The van der Waals surface area contributed by atoms with E-state index in [1.165, 1.54) is 20.0 Å². The van der Waals surface area contributed by atoms with Crippen LogP contribution in [-0.4, -0.2) is 61.9 Å². The minimum Gasteiger partial charge on any atom is -0.468 e. The van der Waals surface area contributed by atoms with Gasteiger partial charge in [0.2, 0.25) is 0 Å². The number of likely N-dealkylation sites (N-methyl/N-ethyl adjacent to an activating group) is 1. The van der Waals surface area contributed by atoms with E-state index in [4.69, 9.17) is 9.47 Å². The predicted molar refractivity (Wildman–Crippen MR) is 82.3 cm³/mol. The monoisotopic (exact) mass is 298 g/mol. The molecule has 21 heavy (non-hydrogen) atoms. The second kappa shape index (κ2) is 7.07. The van der Waals surface area contributed by atoms with Crippen molar-refractivity contribution in [1.29, 1.82) is 0 Å². The van der Waals surface area contributed by atoms with Crippen LogP contribution in [0.1, 0.15) is 46.0 Å². The third kappa shape index (κ3) is 3.76. The van der Waals surface area contributed by atoms with Crippen LogP contribution in [0, 0.1) is 0 Å². The van der Waals surface area contributed by atoms with Gasteiger partial charge in [0.1, 0.15) is 5.54 Å². The van der Waals surface area contributed by atoms with Crippen molar-refractivity contribution in [3.8, 4) is 0 Å². The van der Waals surface area contributed by atoms with Gasteiger partial charge in [0, 0.05) is 25.2 Å². The molecule has 0 spiro atoms. The van der Waals surface area contributed by atoms with Gasteiger partial charge >= 0.3 is 5.97 Å². The van der Waals surface area contributed by atoms with Gasteiger partial charge in [-0.3, -0.25) is 15.0 Å². The van der Waals surface area contributed by atoms with Crippen LogP contribution in [0.15, 0.2) is 0 Å². The first-order valence-electron chi connectivity index (χ1n) is 8.17. The lowest BCUT2D eigenvalue weighted by atomic mass is 9.96. The fourth-order valence-electron chi connectivity index (χ4n) is 3.76. The summed E-state index contributed by atoms with van der Waals surface area (Å²) in [6.45, 7) is 6.08. The third-order valence-electron chi connectivity index (χ3n) is 4.93. The maximum atomic E-state index is 12.3. The van der Waals surface area contributed by atoms with Gasteiger partial charge in [-0.15, -0.1) is 0 Å². The van der Waals surface area contributed by atoms with Crippen LogP contribution in [0.3, 0.4) is 0 Å². The van der Waals surface area contributed by atoms with E-state index in [1.807, 2.05) is 0 Å². The Bertz CT molecular complexity index is 359. The van der Waals surface area contributed by atoms with Crippen LogP contribution >= 0.6 is 0 Å². The van der Waals surface area contributed by atoms with E-state index < -0.39 is 5.54 Å². The Labute approximate surface area is 128 Å². The molecule has 0 heterocycles. The van der Waals surface area contributed by atoms with E-state index in [1.54, 1.807) is 7.11 Å². The number of hydrogen-bond donors (Lipinski definition) is 1. The van der Waals surface area contributed by atoms with Crippen LogP contribution in [0.5, 0.6) is 0 Å². The second-order valence-electron chi connectivity index (χ2n) is 6.52. The third-order valence-corrected chi connectivity index (χ3v) is 4.93. The molecule has 5 nitrogen and oxygen atoms in total. The fraction of sp³-hybridized carbons (Fsp3) is 0.938. The number of carbonyl (C=O) groups is 1. The lowest BCUT2D eigenvalue weighted by molar-refractivity contribution is -0.148. The van der Waals surface area contributed by atoms with Crippen LogP contribution < -0.4 is 5.32 Å². The zero-order valence-corrected chi connectivity index (χ0v) is 13.9. The van der Waals surface area contributed by atoms with E-state index in [0.29, 0.717) is 18.1 Å². The van der Waals surface area contributed by atoms with Gasteiger partial charge in [0.15, 0.2) is 0 Å². The van der Waals surface area contributed by atoms with Gasteiger partial charge in [0.05, 0.1) is 13.7 Å². The highest BCUT2D eigenvalue weighted by Gasteiger charge is 2.50. The van der Waals surface area contributed by atoms with Crippen molar-refractivity contribution in [2.75, 3.05) is 27.4 Å². The maximum Gasteiger partial charge on any atom is 0.326 e. The number of ether oxygens (including phenoxy) is 2. The van der Waals surface area contributed by atoms with Crippen molar-refractivity contribution in [3.05, 3.63) is 0 Å². The molecule has 3 atom stereocenters. The van der Waals surface area contributed by atoms with E-state index in [0.717, 1.165) is 32.4 Å². The van der Waals surface area contributed by atoms with E-state index in [-0.39, 0.29) is 5.97 Å². The highest BCUT2D eigenvalue weighted by Crippen LogP contribution is 2.37. The molecular formula is C16H30N2O3.